The number of nitrogens with zero attached hydrogens (tertiary/aromatic N) is 2. The molecule has 2 saturated heterocycles. The summed E-state index contributed by atoms with van der Waals surface area (Å²) in [7, 11) is -3.50. The molecule has 2 aliphatic rings. The second-order valence-electron chi connectivity index (χ2n) is 7.61. The van der Waals surface area contributed by atoms with Crippen LogP contribution in [0, 0.1) is 19.8 Å². The average Bonchev–Trinajstić information content (AvgIpc) is 2.63. The smallest absolute Gasteiger partial charge is 0.243 e. The van der Waals surface area contributed by atoms with Gasteiger partial charge in [0.2, 0.25) is 15.9 Å². The number of halogens is 1. The molecule has 3 rings (SSSR count). The molecule has 27 heavy (non-hydrogen) atoms. The van der Waals surface area contributed by atoms with Gasteiger partial charge >= 0.3 is 0 Å². The molecule has 0 saturated carbocycles. The SMILES string of the molecule is Cc1ccc(S(=O)(=O)N2CCC(C(=O)N3CCCC(N)C3)CC2)cc1C.Cl. The van der Waals surface area contributed by atoms with Crippen LogP contribution in [0.15, 0.2) is 23.1 Å². The molecule has 152 valence electrons. The fraction of sp³-hybridized carbons (Fsp3) is 0.632. The van der Waals surface area contributed by atoms with Crippen molar-refractivity contribution in [3.05, 3.63) is 29.3 Å². The monoisotopic (exact) mass is 415 g/mol. The van der Waals surface area contributed by atoms with Crippen LogP contribution in [0.5, 0.6) is 0 Å². The van der Waals surface area contributed by atoms with Gasteiger partial charge in [-0.2, -0.15) is 4.31 Å². The zero-order chi connectivity index (χ0) is 18.9. The normalized spacial score (nSPS) is 22.3. The molecule has 0 aliphatic carbocycles. The van der Waals surface area contributed by atoms with Gasteiger partial charge in [-0.1, -0.05) is 6.07 Å². The molecule has 0 spiro atoms. The van der Waals surface area contributed by atoms with Crippen LogP contribution in [0.3, 0.4) is 0 Å². The van der Waals surface area contributed by atoms with E-state index < -0.39 is 10.0 Å². The lowest BCUT2D eigenvalue weighted by Crippen LogP contribution is -2.50. The summed E-state index contributed by atoms with van der Waals surface area (Å²) in [5.74, 6) is 0.0508. The highest BCUT2D eigenvalue weighted by atomic mass is 35.5. The van der Waals surface area contributed by atoms with Crippen LogP contribution < -0.4 is 5.73 Å². The summed E-state index contributed by atoms with van der Waals surface area (Å²) in [5.41, 5.74) is 8.02. The lowest BCUT2D eigenvalue weighted by Gasteiger charge is -2.36. The summed E-state index contributed by atoms with van der Waals surface area (Å²) < 4.78 is 27.3. The van der Waals surface area contributed by atoms with Crippen molar-refractivity contribution < 1.29 is 13.2 Å². The van der Waals surface area contributed by atoms with Crippen LogP contribution >= 0.6 is 12.4 Å². The maximum absolute atomic E-state index is 12.9. The first-order valence-corrected chi connectivity index (χ1v) is 10.8. The quantitative estimate of drug-likeness (QED) is 0.819. The van der Waals surface area contributed by atoms with Crippen LogP contribution in [-0.2, 0) is 14.8 Å². The van der Waals surface area contributed by atoms with Gasteiger partial charge in [-0.25, -0.2) is 8.42 Å². The molecule has 1 unspecified atom stereocenters. The predicted molar refractivity (Wildman–Crippen MR) is 108 cm³/mol. The Morgan fingerprint density at radius 1 is 1.07 bits per heavy atom. The van der Waals surface area contributed by atoms with Gasteiger partial charge in [-0.3, -0.25) is 4.79 Å². The second-order valence-corrected chi connectivity index (χ2v) is 9.55. The van der Waals surface area contributed by atoms with E-state index in [0.717, 1.165) is 30.5 Å². The van der Waals surface area contributed by atoms with Crippen LogP contribution in [0.1, 0.15) is 36.8 Å². The molecule has 2 N–H and O–H groups in total. The molecule has 6 nitrogen and oxygen atoms in total. The van der Waals surface area contributed by atoms with Crippen molar-refractivity contribution in [3.63, 3.8) is 0 Å². The zero-order valence-electron chi connectivity index (χ0n) is 16.1. The van der Waals surface area contributed by atoms with Crippen LogP contribution in [-0.4, -0.2) is 55.8 Å². The number of carbonyl (C=O) groups excluding carboxylic acids is 1. The molecule has 1 atom stereocenters. The lowest BCUT2D eigenvalue weighted by atomic mass is 9.95. The second kappa shape index (κ2) is 8.90. The fourth-order valence-corrected chi connectivity index (χ4v) is 5.39. The van der Waals surface area contributed by atoms with Crippen LogP contribution in [0.25, 0.3) is 0 Å². The number of rotatable bonds is 3. The number of nitrogens with two attached hydrogens (primary N) is 1. The number of sulfonamides is 1. The summed E-state index contributed by atoms with van der Waals surface area (Å²) in [6, 6.07) is 5.32. The van der Waals surface area contributed by atoms with Gasteiger partial charge in [-0.15, -0.1) is 12.4 Å². The first-order chi connectivity index (χ1) is 12.3. The van der Waals surface area contributed by atoms with E-state index in [1.54, 1.807) is 12.1 Å². The highest BCUT2D eigenvalue weighted by Crippen LogP contribution is 2.27. The van der Waals surface area contributed by atoms with Crippen molar-refractivity contribution in [1.29, 1.82) is 0 Å². The Labute approximate surface area is 168 Å². The molecule has 2 fully saturated rings. The van der Waals surface area contributed by atoms with Crippen molar-refractivity contribution in [2.75, 3.05) is 26.2 Å². The Morgan fingerprint density at radius 2 is 1.74 bits per heavy atom. The number of likely N-dealkylation sites (tertiary alicyclic amines) is 1. The van der Waals surface area contributed by atoms with E-state index in [-0.39, 0.29) is 30.3 Å². The van der Waals surface area contributed by atoms with Crippen molar-refractivity contribution in [2.45, 2.75) is 50.5 Å². The van der Waals surface area contributed by atoms with Crippen molar-refractivity contribution >= 4 is 28.3 Å². The number of carbonyl (C=O) groups is 1. The number of piperidine rings is 2. The number of hydrogen-bond donors (Lipinski definition) is 1. The largest absolute Gasteiger partial charge is 0.341 e. The summed E-state index contributed by atoms with van der Waals surface area (Å²) >= 11 is 0. The third-order valence-electron chi connectivity index (χ3n) is 5.69. The molecule has 8 heteroatoms. The zero-order valence-corrected chi connectivity index (χ0v) is 17.7. The summed E-state index contributed by atoms with van der Waals surface area (Å²) in [5, 5.41) is 0. The van der Waals surface area contributed by atoms with Gasteiger partial charge < -0.3 is 10.6 Å². The van der Waals surface area contributed by atoms with E-state index in [4.69, 9.17) is 5.73 Å². The van der Waals surface area contributed by atoms with Crippen molar-refractivity contribution in [2.24, 2.45) is 11.7 Å². The van der Waals surface area contributed by atoms with E-state index in [0.29, 0.717) is 37.4 Å². The van der Waals surface area contributed by atoms with Gasteiger partial charge in [0, 0.05) is 38.1 Å². The van der Waals surface area contributed by atoms with Crippen LogP contribution in [0.2, 0.25) is 0 Å². The van der Waals surface area contributed by atoms with Gasteiger partial charge in [-0.05, 0) is 62.8 Å². The van der Waals surface area contributed by atoms with E-state index in [9.17, 15) is 13.2 Å². The highest BCUT2D eigenvalue weighted by molar-refractivity contribution is 7.89. The highest BCUT2D eigenvalue weighted by Gasteiger charge is 2.34. The number of benzene rings is 1. The van der Waals surface area contributed by atoms with Gasteiger partial charge in [0.1, 0.15) is 0 Å². The standard InChI is InChI=1S/C19H29N3O3S.ClH/c1-14-5-6-18(12-15(14)2)26(24,25)22-10-7-16(8-11-22)19(23)21-9-3-4-17(20)13-21;/h5-6,12,16-17H,3-4,7-11,13,20H2,1-2H3;1H. The Morgan fingerprint density at radius 3 is 2.33 bits per heavy atom. The van der Waals surface area contributed by atoms with E-state index in [1.807, 2.05) is 24.8 Å². The van der Waals surface area contributed by atoms with Gasteiger partial charge in [0.15, 0.2) is 0 Å². The fourth-order valence-electron chi connectivity index (χ4n) is 3.83. The van der Waals surface area contributed by atoms with Crippen LogP contribution in [0.4, 0.5) is 0 Å². The Balaban J connectivity index is 0.00000261. The van der Waals surface area contributed by atoms with Crippen molar-refractivity contribution in [3.8, 4) is 0 Å². The summed E-state index contributed by atoms with van der Waals surface area (Å²) in [4.78, 5) is 14.9. The molecule has 0 radical (unpaired) electrons. The molecule has 0 aromatic heterocycles. The third kappa shape index (κ3) is 4.83. The molecule has 1 amide bonds. The lowest BCUT2D eigenvalue weighted by molar-refractivity contribution is -0.137. The molecule has 0 bridgehead atoms. The predicted octanol–water partition coefficient (Wildman–Crippen LogP) is 2.08. The first kappa shape index (κ1) is 22.1. The van der Waals surface area contributed by atoms with E-state index in [1.165, 1.54) is 4.31 Å². The Kier molecular flexibility index (Phi) is 7.30. The minimum atomic E-state index is -3.50. The van der Waals surface area contributed by atoms with Gasteiger partial charge in [0.05, 0.1) is 4.90 Å². The minimum Gasteiger partial charge on any atom is -0.341 e. The maximum Gasteiger partial charge on any atom is 0.243 e. The summed E-state index contributed by atoms with van der Waals surface area (Å²) in [6.07, 6.45) is 3.08. The maximum atomic E-state index is 12.9. The van der Waals surface area contributed by atoms with E-state index in [2.05, 4.69) is 0 Å². The average molecular weight is 416 g/mol. The number of hydrogen-bond acceptors (Lipinski definition) is 4. The number of aryl methyl sites for hydroxylation is 2. The molecule has 1 aromatic rings. The molecular formula is C19H30ClN3O3S. The molecular weight excluding hydrogens is 386 g/mol. The molecule has 1 aromatic carbocycles. The Hall–Kier alpha value is -1.15. The Bertz CT molecular complexity index is 776. The third-order valence-corrected chi connectivity index (χ3v) is 7.58. The molecule has 2 aliphatic heterocycles. The van der Waals surface area contributed by atoms with E-state index >= 15 is 0 Å². The minimum absolute atomic E-state index is 0. The van der Waals surface area contributed by atoms with Crippen molar-refractivity contribution in [1.82, 2.24) is 9.21 Å². The first-order valence-electron chi connectivity index (χ1n) is 9.41. The van der Waals surface area contributed by atoms with Gasteiger partial charge in [0.25, 0.3) is 0 Å². The topological polar surface area (TPSA) is 83.7 Å². The summed E-state index contributed by atoms with van der Waals surface area (Å²) in [6.45, 7) is 6.07. The number of amides is 1. The molecule has 2 heterocycles.